The zero-order chi connectivity index (χ0) is 18.5. The first kappa shape index (κ1) is 17.5. The molecule has 1 N–H and O–H groups in total. The van der Waals surface area contributed by atoms with Gasteiger partial charge in [0.1, 0.15) is 5.92 Å². The SMILES string of the molecule is CN(CCCNC(=O)C1=NC(=O)C2C=CC=CC2=N1)C(=O)c1ccco1. The molecular formula is C18H18N4O4. The number of fused-ring (bicyclic) bond motifs is 1. The molecule has 1 aliphatic carbocycles. The molecule has 0 fully saturated rings. The van der Waals surface area contributed by atoms with Gasteiger partial charge in [0.2, 0.25) is 5.84 Å². The quantitative estimate of drug-likeness (QED) is 0.769. The van der Waals surface area contributed by atoms with Crippen molar-refractivity contribution < 1.29 is 18.8 Å². The van der Waals surface area contributed by atoms with E-state index in [4.69, 9.17) is 4.42 Å². The van der Waals surface area contributed by atoms with Gasteiger partial charge in [-0.15, -0.1) is 0 Å². The average Bonchev–Trinajstić information content (AvgIpc) is 3.19. The zero-order valence-corrected chi connectivity index (χ0v) is 14.2. The number of rotatable bonds is 6. The number of aliphatic imine (C=N–C) groups is 2. The molecule has 1 unspecified atom stereocenters. The summed E-state index contributed by atoms with van der Waals surface area (Å²) in [7, 11) is 1.66. The molecule has 3 rings (SSSR count). The molecule has 8 nitrogen and oxygen atoms in total. The topological polar surface area (TPSA) is 104 Å². The number of allylic oxidation sites excluding steroid dienone is 3. The van der Waals surface area contributed by atoms with Crippen molar-refractivity contribution in [2.24, 2.45) is 15.9 Å². The summed E-state index contributed by atoms with van der Waals surface area (Å²) in [5.74, 6) is -1.50. The monoisotopic (exact) mass is 354 g/mol. The third-order valence-electron chi connectivity index (χ3n) is 3.96. The predicted molar refractivity (Wildman–Crippen MR) is 94.9 cm³/mol. The maximum absolute atomic E-state index is 12.1. The van der Waals surface area contributed by atoms with Gasteiger partial charge >= 0.3 is 0 Å². The summed E-state index contributed by atoms with van der Waals surface area (Å²) in [6.07, 6.45) is 8.89. The second kappa shape index (κ2) is 7.73. The molecule has 26 heavy (non-hydrogen) atoms. The lowest BCUT2D eigenvalue weighted by Crippen LogP contribution is -2.37. The first-order chi connectivity index (χ1) is 12.6. The van der Waals surface area contributed by atoms with Crippen LogP contribution in [0, 0.1) is 5.92 Å². The van der Waals surface area contributed by atoms with Gasteiger partial charge < -0.3 is 14.6 Å². The number of furan rings is 1. The van der Waals surface area contributed by atoms with Gasteiger partial charge in [0.25, 0.3) is 17.7 Å². The van der Waals surface area contributed by atoms with E-state index in [1.807, 2.05) is 0 Å². The van der Waals surface area contributed by atoms with Crippen LogP contribution < -0.4 is 5.32 Å². The molecule has 1 aromatic rings. The fourth-order valence-corrected chi connectivity index (χ4v) is 2.56. The molecule has 1 aliphatic heterocycles. The van der Waals surface area contributed by atoms with Crippen molar-refractivity contribution in [2.45, 2.75) is 6.42 Å². The summed E-state index contributed by atoms with van der Waals surface area (Å²) in [4.78, 5) is 45.5. The van der Waals surface area contributed by atoms with Crippen LogP contribution in [-0.4, -0.2) is 54.3 Å². The highest BCUT2D eigenvalue weighted by Gasteiger charge is 2.28. The van der Waals surface area contributed by atoms with E-state index in [0.29, 0.717) is 25.2 Å². The first-order valence-electron chi connectivity index (χ1n) is 8.19. The Morgan fingerprint density at radius 3 is 2.92 bits per heavy atom. The molecule has 0 spiro atoms. The van der Waals surface area contributed by atoms with Crippen molar-refractivity contribution in [3.63, 3.8) is 0 Å². The highest BCUT2D eigenvalue weighted by Crippen LogP contribution is 2.16. The van der Waals surface area contributed by atoms with Crippen molar-refractivity contribution in [1.82, 2.24) is 10.2 Å². The van der Waals surface area contributed by atoms with Crippen molar-refractivity contribution >= 4 is 29.3 Å². The lowest BCUT2D eigenvalue weighted by atomic mass is 9.96. The molecule has 0 bridgehead atoms. The maximum Gasteiger partial charge on any atom is 0.289 e. The van der Waals surface area contributed by atoms with Crippen molar-refractivity contribution in [2.75, 3.05) is 20.1 Å². The number of nitrogens with one attached hydrogen (secondary N) is 1. The van der Waals surface area contributed by atoms with Gasteiger partial charge in [-0.25, -0.2) is 4.99 Å². The Labute approximate surface area is 150 Å². The molecule has 0 radical (unpaired) electrons. The van der Waals surface area contributed by atoms with Crippen LogP contribution in [0.2, 0.25) is 0 Å². The molecule has 8 heteroatoms. The Morgan fingerprint density at radius 1 is 1.31 bits per heavy atom. The van der Waals surface area contributed by atoms with Crippen LogP contribution in [0.3, 0.4) is 0 Å². The van der Waals surface area contributed by atoms with E-state index in [0.717, 1.165) is 0 Å². The lowest BCUT2D eigenvalue weighted by Gasteiger charge is -2.18. The molecule has 3 amide bonds. The van der Waals surface area contributed by atoms with Crippen LogP contribution in [0.15, 0.2) is 57.1 Å². The molecule has 2 heterocycles. The van der Waals surface area contributed by atoms with Gasteiger partial charge in [0.15, 0.2) is 5.76 Å². The Morgan fingerprint density at radius 2 is 2.15 bits per heavy atom. The Balaban J connectivity index is 1.47. The van der Waals surface area contributed by atoms with Crippen molar-refractivity contribution in [3.8, 4) is 0 Å². The number of hydrogen-bond donors (Lipinski definition) is 1. The fraction of sp³-hybridized carbons (Fsp3) is 0.278. The van der Waals surface area contributed by atoms with Crippen LogP contribution in [0.25, 0.3) is 0 Å². The standard InChI is InChI=1S/C18H18N4O4/c1-22(18(25)14-8-4-11-26-14)10-5-9-19-17(24)15-20-13-7-3-2-6-12(13)16(23)21-15/h2-4,6-8,11-12H,5,9-10H2,1H3,(H,19,24). The first-order valence-corrected chi connectivity index (χ1v) is 8.19. The minimum Gasteiger partial charge on any atom is -0.459 e. The van der Waals surface area contributed by atoms with E-state index in [9.17, 15) is 14.4 Å². The van der Waals surface area contributed by atoms with Crippen LogP contribution >= 0.6 is 0 Å². The van der Waals surface area contributed by atoms with Gasteiger partial charge in [-0.05, 0) is 24.6 Å². The normalized spacial score (nSPS) is 18.0. The molecular weight excluding hydrogens is 336 g/mol. The van der Waals surface area contributed by atoms with E-state index in [-0.39, 0.29) is 17.5 Å². The summed E-state index contributed by atoms with van der Waals surface area (Å²) < 4.78 is 5.06. The Hall–Kier alpha value is -3.29. The van der Waals surface area contributed by atoms with Gasteiger partial charge in [0.05, 0.1) is 12.0 Å². The lowest BCUT2D eigenvalue weighted by molar-refractivity contribution is -0.119. The van der Waals surface area contributed by atoms with Crippen molar-refractivity contribution in [3.05, 3.63) is 48.5 Å². The smallest absolute Gasteiger partial charge is 0.289 e. The largest absolute Gasteiger partial charge is 0.459 e. The van der Waals surface area contributed by atoms with E-state index >= 15 is 0 Å². The minimum atomic E-state index is -0.507. The summed E-state index contributed by atoms with van der Waals surface area (Å²) in [5.41, 5.74) is 0.515. The van der Waals surface area contributed by atoms with Gasteiger partial charge in [0, 0.05) is 20.1 Å². The molecule has 1 aromatic heterocycles. The molecule has 2 aliphatic rings. The average molecular weight is 354 g/mol. The summed E-state index contributed by atoms with van der Waals surface area (Å²) in [5, 5.41) is 2.66. The molecule has 134 valence electrons. The number of nitrogens with zero attached hydrogens (tertiary/aromatic N) is 3. The molecule has 0 aromatic carbocycles. The van der Waals surface area contributed by atoms with E-state index in [2.05, 4.69) is 15.3 Å². The van der Waals surface area contributed by atoms with E-state index in [1.54, 1.807) is 43.5 Å². The second-order valence-corrected chi connectivity index (χ2v) is 5.85. The molecule has 1 atom stereocenters. The minimum absolute atomic E-state index is 0.138. The number of carbonyl (C=O) groups excluding carboxylic acids is 3. The third-order valence-corrected chi connectivity index (χ3v) is 3.96. The van der Waals surface area contributed by atoms with Crippen molar-refractivity contribution in [1.29, 1.82) is 0 Å². The Bertz CT molecular complexity index is 833. The van der Waals surface area contributed by atoms with E-state index < -0.39 is 17.7 Å². The maximum atomic E-state index is 12.1. The highest BCUT2D eigenvalue weighted by molar-refractivity contribution is 6.44. The number of carbonyl (C=O) groups is 3. The number of hydrogen-bond acceptors (Lipinski definition) is 5. The van der Waals surface area contributed by atoms with Crippen LogP contribution in [-0.2, 0) is 9.59 Å². The number of amides is 3. The highest BCUT2D eigenvalue weighted by atomic mass is 16.3. The number of amidine groups is 1. The van der Waals surface area contributed by atoms with Crippen LogP contribution in [0.4, 0.5) is 0 Å². The zero-order valence-electron chi connectivity index (χ0n) is 14.2. The third kappa shape index (κ3) is 3.85. The fourth-order valence-electron chi connectivity index (χ4n) is 2.56. The molecule has 0 saturated carbocycles. The predicted octanol–water partition coefficient (Wildman–Crippen LogP) is 0.980. The molecule has 0 saturated heterocycles. The van der Waals surface area contributed by atoms with Crippen LogP contribution in [0.1, 0.15) is 17.0 Å². The van der Waals surface area contributed by atoms with Gasteiger partial charge in [-0.3, -0.25) is 14.4 Å². The Kier molecular flexibility index (Phi) is 5.21. The summed E-state index contributed by atoms with van der Waals surface area (Å²) in [6.45, 7) is 0.765. The van der Waals surface area contributed by atoms with Crippen LogP contribution in [0.5, 0.6) is 0 Å². The van der Waals surface area contributed by atoms with Gasteiger partial charge in [-0.2, -0.15) is 4.99 Å². The summed E-state index contributed by atoms with van der Waals surface area (Å²) in [6, 6.07) is 3.25. The van der Waals surface area contributed by atoms with E-state index in [1.165, 1.54) is 11.2 Å². The summed E-state index contributed by atoms with van der Waals surface area (Å²) >= 11 is 0. The second-order valence-electron chi connectivity index (χ2n) is 5.85. The van der Waals surface area contributed by atoms with Gasteiger partial charge in [-0.1, -0.05) is 18.2 Å².